The Balaban J connectivity index is 1.55. The van der Waals surface area contributed by atoms with E-state index in [2.05, 4.69) is 40.5 Å². The highest BCUT2D eigenvalue weighted by atomic mass is 32.2. The standard InChI is InChI=1S/C34H41N5O6S2/c1-22(2)28-11-25(16-35-18-28)17-36-19-31(40)30(12-24-9-7-6-8-10-24)38-33(41)26-13-27(15-29(14-26)45-47(5,43)44)34(42)39(4)20-32-37-23(3)21-46-32/h6-11,13-16,18,21-22,30-31,36,40H,12,17,19-20H2,1-5H3,(H,38,41). The van der Waals surface area contributed by atoms with Gasteiger partial charge in [-0.1, -0.05) is 50.2 Å². The summed E-state index contributed by atoms with van der Waals surface area (Å²) < 4.78 is 29.1. The Kier molecular flexibility index (Phi) is 12.2. The van der Waals surface area contributed by atoms with E-state index in [1.54, 1.807) is 13.2 Å². The highest BCUT2D eigenvalue weighted by molar-refractivity contribution is 7.86. The van der Waals surface area contributed by atoms with Crippen molar-refractivity contribution < 1.29 is 27.3 Å². The highest BCUT2D eigenvalue weighted by Crippen LogP contribution is 2.22. The Morgan fingerprint density at radius 2 is 1.77 bits per heavy atom. The number of pyridine rings is 1. The molecular weight excluding hydrogens is 639 g/mol. The van der Waals surface area contributed by atoms with Gasteiger partial charge in [0, 0.05) is 54.7 Å². The Hall–Kier alpha value is -4.17. The van der Waals surface area contributed by atoms with Crippen molar-refractivity contribution in [1.29, 1.82) is 0 Å². The first-order valence-electron chi connectivity index (χ1n) is 15.2. The molecule has 2 amide bonds. The van der Waals surface area contributed by atoms with Gasteiger partial charge >= 0.3 is 10.1 Å². The van der Waals surface area contributed by atoms with Crippen LogP contribution in [0.25, 0.3) is 0 Å². The van der Waals surface area contributed by atoms with Crippen LogP contribution in [-0.2, 0) is 29.6 Å². The van der Waals surface area contributed by atoms with E-state index < -0.39 is 34.1 Å². The van der Waals surface area contributed by atoms with E-state index >= 15 is 0 Å². The fourth-order valence-corrected chi connectivity index (χ4v) is 6.15. The molecule has 47 heavy (non-hydrogen) atoms. The number of thiazole rings is 1. The summed E-state index contributed by atoms with van der Waals surface area (Å²) in [5.41, 5.74) is 3.89. The number of aliphatic hydroxyl groups excluding tert-OH is 1. The highest BCUT2D eigenvalue weighted by Gasteiger charge is 2.25. The van der Waals surface area contributed by atoms with Gasteiger partial charge in [0.05, 0.1) is 24.9 Å². The molecule has 11 nitrogen and oxygen atoms in total. The summed E-state index contributed by atoms with van der Waals surface area (Å²) in [6, 6.07) is 14.7. The Labute approximate surface area is 280 Å². The Bertz CT molecular complexity index is 1780. The molecule has 0 saturated carbocycles. The van der Waals surface area contributed by atoms with Gasteiger partial charge in [-0.05, 0) is 54.2 Å². The molecule has 0 aliphatic carbocycles. The number of carbonyl (C=O) groups is 2. The van der Waals surface area contributed by atoms with Crippen molar-refractivity contribution in [3.63, 3.8) is 0 Å². The maximum absolute atomic E-state index is 13.7. The van der Waals surface area contributed by atoms with Gasteiger partial charge in [-0.3, -0.25) is 14.6 Å². The first kappa shape index (κ1) is 35.7. The topological polar surface area (TPSA) is 151 Å². The molecule has 0 spiro atoms. The zero-order valence-corrected chi connectivity index (χ0v) is 28.8. The molecule has 0 fully saturated rings. The molecule has 0 aliphatic heterocycles. The molecule has 2 heterocycles. The predicted octanol–water partition coefficient (Wildman–Crippen LogP) is 4.07. The lowest BCUT2D eigenvalue weighted by atomic mass is 10.00. The second kappa shape index (κ2) is 16.1. The van der Waals surface area contributed by atoms with Crippen LogP contribution in [0.2, 0.25) is 0 Å². The van der Waals surface area contributed by atoms with E-state index in [1.165, 1.54) is 34.4 Å². The molecule has 2 aromatic carbocycles. The van der Waals surface area contributed by atoms with Gasteiger partial charge in [-0.25, -0.2) is 4.98 Å². The van der Waals surface area contributed by atoms with Crippen LogP contribution in [-0.4, -0.2) is 72.2 Å². The number of hydrogen-bond donors (Lipinski definition) is 3. The molecule has 13 heteroatoms. The van der Waals surface area contributed by atoms with E-state index in [0.29, 0.717) is 18.9 Å². The van der Waals surface area contributed by atoms with Gasteiger partial charge in [0.15, 0.2) is 0 Å². The quantitative estimate of drug-likeness (QED) is 0.158. The van der Waals surface area contributed by atoms with Crippen LogP contribution in [0.15, 0.2) is 72.4 Å². The Morgan fingerprint density at radius 3 is 2.43 bits per heavy atom. The van der Waals surface area contributed by atoms with Crippen LogP contribution in [0.4, 0.5) is 0 Å². The first-order chi connectivity index (χ1) is 22.3. The maximum Gasteiger partial charge on any atom is 0.306 e. The third kappa shape index (κ3) is 11.0. The normalized spacial score (nSPS) is 12.8. The van der Waals surface area contributed by atoms with Crippen molar-refractivity contribution in [2.24, 2.45) is 0 Å². The van der Waals surface area contributed by atoms with Gasteiger partial charge < -0.3 is 24.8 Å². The van der Waals surface area contributed by atoms with Crippen molar-refractivity contribution in [2.45, 2.75) is 58.3 Å². The van der Waals surface area contributed by atoms with Gasteiger partial charge in [0.2, 0.25) is 0 Å². The van der Waals surface area contributed by atoms with E-state index in [1.807, 2.05) is 48.8 Å². The molecule has 0 saturated heterocycles. The number of carbonyl (C=O) groups excluding carboxylic acids is 2. The number of hydrogen-bond acceptors (Lipinski definition) is 10. The van der Waals surface area contributed by atoms with Crippen LogP contribution >= 0.6 is 11.3 Å². The number of rotatable bonds is 15. The van der Waals surface area contributed by atoms with Crippen LogP contribution in [0, 0.1) is 6.92 Å². The minimum Gasteiger partial charge on any atom is -0.390 e. The molecule has 0 aliphatic rings. The fraction of sp³-hybridized carbons (Fsp3) is 0.353. The number of aryl methyl sites for hydroxylation is 1. The number of aliphatic hydroxyl groups is 1. The minimum atomic E-state index is -3.96. The molecule has 4 rings (SSSR count). The summed E-state index contributed by atoms with van der Waals surface area (Å²) in [5, 5.41) is 20.1. The monoisotopic (exact) mass is 679 g/mol. The molecule has 2 atom stereocenters. The van der Waals surface area contributed by atoms with E-state index in [9.17, 15) is 23.1 Å². The number of amides is 2. The molecule has 3 N–H and O–H groups in total. The van der Waals surface area contributed by atoms with Crippen molar-refractivity contribution in [3.8, 4) is 5.75 Å². The second-order valence-corrected chi connectivity index (χ2v) is 14.3. The molecule has 0 bridgehead atoms. The van der Waals surface area contributed by atoms with Crippen molar-refractivity contribution >= 4 is 33.3 Å². The summed E-state index contributed by atoms with van der Waals surface area (Å²) in [6.07, 6.45) is 3.82. The fourth-order valence-electron chi connectivity index (χ4n) is 4.88. The smallest absolute Gasteiger partial charge is 0.306 e. The van der Waals surface area contributed by atoms with Crippen LogP contribution in [0.3, 0.4) is 0 Å². The maximum atomic E-state index is 13.7. The lowest BCUT2D eigenvalue weighted by Crippen LogP contribution is -2.48. The van der Waals surface area contributed by atoms with E-state index in [0.717, 1.165) is 33.6 Å². The molecule has 250 valence electrons. The van der Waals surface area contributed by atoms with Crippen molar-refractivity contribution in [1.82, 2.24) is 25.5 Å². The first-order valence-corrected chi connectivity index (χ1v) is 17.9. The summed E-state index contributed by atoms with van der Waals surface area (Å²) in [7, 11) is -2.37. The van der Waals surface area contributed by atoms with Gasteiger partial charge in [-0.15, -0.1) is 11.3 Å². The van der Waals surface area contributed by atoms with Crippen LogP contribution in [0.5, 0.6) is 5.75 Å². The largest absolute Gasteiger partial charge is 0.390 e. The molecule has 4 aromatic rings. The third-order valence-electron chi connectivity index (χ3n) is 7.29. The van der Waals surface area contributed by atoms with Gasteiger partial charge in [-0.2, -0.15) is 8.42 Å². The zero-order chi connectivity index (χ0) is 34.1. The molecule has 2 unspecified atom stereocenters. The SMILES string of the molecule is Cc1csc(CN(C)C(=O)c2cc(OS(C)(=O)=O)cc(C(=O)NC(Cc3ccccc3)C(O)CNCc3cncc(C(C)C)c3)c2)n1. The molecule has 2 aromatic heterocycles. The van der Waals surface area contributed by atoms with Crippen molar-refractivity contribution in [3.05, 3.63) is 111 Å². The summed E-state index contributed by atoms with van der Waals surface area (Å²) >= 11 is 1.42. The average molecular weight is 680 g/mol. The number of aromatic nitrogens is 2. The van der Waals surface area contributed by atoms with Crippen LogP contribution in [0.1, 0.15) is 67.9 Å². The summed E-state index contributed by atoms with van der Waals surface area (Å²) in [6.45, 7) is 6.93. The predicted molar refractivity (Wildman–Crippen MR) is 182 cm³/mol. The van der Waals surface area contributed by atoms with Crippen molar-refractivity contribution in [2.75, 3.05) is 19.8 Å². The third-order valence-corrected chi connectivity index (χ3v) is 8.74. The lowest BCUT2D eigenvalue weighted by Gasteiger charge is -2.25. The molecule has 0 radical (unpaired) electrons. The lowest BCUT2D eigenvalue weighted by molar-refractivity contribution is 0.0784. The van der Waals surface area contributed by atoms with E-state index in [-0.39, 0.29) is 30.0 Å². The van der Waals surface area contributed by atoms with Crippen LogP contribution < -0.4 is 14.8 Å². The Morgan fingerprint density at radius 1 is 1.04 bits per heavy atom. The minimum absolute atomic E-state index is 0.00258. The van der Waals surface area contributed by atoms with Gasteiger partial charge in [0.25, 0.3) is 11.8 Å². The zero-order valence-electron chi connectivity index (χ0n) is 27.1. The number of nitrogens with zero attached hydrogens (tertiary/aromatic N) is 3. The summed E-state index contributed by atoms with van der Waals surface area (Å²) in [4.78, 5) is 37.3. The molecular formula is C34H41N5O6S2. The van der Waals surface area contributed by atoms with Gasteiger partial charge in [0.1, 0.15) is 10.8 Å². The van der Waals surface area contributed by atoms with E-state index in [4.69, 9.17) is 4.18 Å². The second-order valence-electron chi connectivity index (χ2n) is 11.8. The summed E-state index contributed by atoms with van der Waals surface area (Å²) in [5.74, 6) is -0.906. The average Bonchev–Trinajstić information content (AvgIpc) is 3.43. The number of nitrogens with one attached hydrogen (secondary N) is 2. The number of benzene rings is 2.